The summed E-state index contributed by atoms with van der Waals surface area (Å²) in [6, 6.07) is 13.0. The third-order valence-electron chi connectivity index (χ3n) is 4.34. The number of fused-ring (bicyclic) bond motifs is 1. The van der Waals surface area contributed by atoms with Gasteiger partial charge < -0.3 is 9.47 Å². The zero-order valence-electron chi connectivity index (χ0n) is 13.6. The number of hydrogen-bond donors (Lipinski definition) is 0. The van der Waals surface area contributed by atoms with Crippen LogP contribution in [0.25, 0.3) is 6.08 Å². The molecule has 2 aromatic rings. The van der Waals surface area contributed by atoms with Crippen LogP contribution in [0.5, 0.6) is 5.75 Å². The summed E-state index contributed by atoms with van der Waals surface area (Å²) in [5.41, 5.74) is 3.36. The number of benzene rings is 2. The van der Waals surface area contributed by atoms with Crippen LogP contribution >= 0.6 is 0 Å². The summed E-state index contributed by atoms with van der Waals surface area (Å²) in [7, 11) is 0. The molecule has 1 amide bonds. The minimum absolute atomic E-state index is 0.105. The molecule has 0 spiro atoms. The van der Waals surface area contributed by atoms with Crippen molar-refractivity contribution in [2.24, 2.45) is 0 Å². The van der Waals surface area contributed by atoms with Gasteiger partial charge in [0.1, 0.15) is 12.4 Å². The normalized spacial score (nSPS) is 16.0. The van der Waals surface area contributed by atoms with Gasteiger partial charge in [-0.3, -0.25) is 9.69 Å². The van der Waals surface area contributed by atoms with Crippen LogP contribution in [0, 0.1) is 0 Å². The van der Waals surface area contributed by atoms with E-state index in [4.69, 9.17) is 9.47 Å². The highest BCUT2D eigenvalue weighted by atomic mass is 16.6. The van der Waals surface area contributed by atoms with Crippen molar-refractivity contribution in [3.63, 3.8) is 0 Å². The monoisotopic (exact) mass is 335 g/mol. The van der Waals surface area contributed by atoms with Gasteiger partial charge in [0.2, 0.25) is 0 Å². The molecule has 0 bridgehead atoms. The second kappa shape index (κ2) is 6.43. The molecule has 5 nitrogen and oxygen atoms in total. The van der Waals surface area contributed by atoms with Gasteiger partial charge >= 0.3 is 6.09 Å². The highest BCUT2D eigenvalue weighted by Gasteiger charge is 2.23. The molecule has 0 atom stereocenters. The molecule has 2 aromatic carbocycles. The highest BCUT2D eigenvalue weighted by Crippen LogP contribution is 2.26. The molecule has 0 saturated carbocycles. The predicted molar refractivity (Wildman–Crippen MR) is 94.1 cm³/mol. The lowest BCUT2D eigenvalue weighted by Gasteiger charge is -2.13. The van der Waals surface area contributed by atoms with E-state index in [2.05, 4.69) is 0 Å². The van der Waals surface area contributed by atoms with Crippen molar-refractivity contribution in [1.82, 2.24) is 0 Å². The lowest BCUT2D eigenvalue weighted by atomic mass is 10.1. The van der Waals surface area contributed by atoms with Gasteiger partial charge in [0.15, 0.2) is 5.78 Å². The maximum absolute atomic E-state index is 12.5. The van der Waals surface area contributed by atoms with Crippen molar-refractivity contribution in [2.75, 3.05) is 24.7 Å². The highest BCUT2D eigenvalue weighted by molar-refractivity contribution is 6.07. The summed E-state index contributed by atoms with van der Waals surface area (Å²) < 4.78 is 10.4. The van der Waals surface area contributed by atoms with E-state index in [1.54, 1.807) is 36.4 Å². The third-order valence-corrected chi connectivity index (χ3v) is 4.34. The van der Waals surface area contributed by atoms with E-state index >= 15 is 0 Å². The lowest BCUT2D eigenvalue weighted by Crippen LogP contribution is -2.23. The third kappa shape index (κ3) is 3.13. The lowest BCUT2D eigenvalue weighted by molar-refractivity contribution is 0.104. The molecule has 126 valence electrons. The maximum atomic E-state index is 12.5. The van der Waals surface area contributed by atoms with Crippen LogP contribution in [0.4, 0.5) is 10.5 Å². The van der Waals surface area contributed by atoms with Gasteiger partial charge in [-0.25, -0.2) is 4.79 Å². The molecule has 0 aliphatic carbocycles. The summed E-state index contributed by atoms with van der Waals surface area (Å²) in [4.78, 5) is 25.6. The summed E-state index contributed by atoms with van der Waals surface area (Å²) in [5, 5.41) is 0. The number of carbonyl (C=O) groups excluding carboxylic acids is 2. The van der Waals surface area contributed by atoms with E-state index in [1.807, 2.05) is 18.2 Å². The Balaban J connectivity index is 1.52. The second-order valence-electron chi connectivity index (χ2n) is 5.98. The first-order valence-electron chi connectivity index (χ1n) is 8.23. The Kier molecular flexibility index (Phi) is 3.98. The van der Waals surface area contributed by atoms with E-state index < -0.39 is 0 Å². The van der Waals surface area contributed by atoms with Crippen LogP contribution in [-0.4, -0.2) is 31.6 Å². The van der Waals surface area contributed by atoms with Crippen molar-refractivity contribution in [3.05, 3.63) is 65.2 Å². The van der Waals surface area contributed by atoms with Crippen LogP contribution in [0.3, 0.4) is 0 Å². The minimum atomic E-state index is -0.375. The molecule has 0 radical (unpaired) electrons. The number of nitrogens with zero attached hydrogens (tertiary/aromatic N) is 1. The van der Waals surface area contributed by atoms with Gasteiger partial charge in [-0.05, 0) is 41.5 Å². The van der Waals surface area contributed by atoms with Gasteiger partial charge in [-0.1, -0.05) is 24.3 Å². The molecule has 2 aliphatic rings. The van der Waals surface area contributed by atoms with Crippen LogP contribution in [-0.2, 0) is 11.2 Å². The minimum Gasteiger partial charge on any atom is -0.493 e. The Morgan fingerprint density at radius 1 is 1.08 bits per heavy atom. The predicted octanol–water partition coefficient (Wildman–Crippen LogP) is 3.47. The maximum Gasteiger partial charge on any atom is 0.414 e. The number of amides is 1. The summed E-state index contributed by atoms with van der Waals surface area (Å²) >= 11 is 0. The number of anilines is 1. The topological polar surface area (TPSA) is 55.8 Å². The standard InChI is InChI=1S/C20H17NO4/c22-18(6-4-14-5-7-19-16(12-14)8-10-24-19)15-2-1-3-17(13-15)21-9-11-25-20(21)23/h1-7,12-13H,8-11H2/b6-4+. The number of allylic oxidation sites excluding steroid dienone is 1. The number of ketones is 1. The summed E-state index contributed by atoms with van der Waals surface area (Å²) in [5.74, 6) is 0.819. The van der Waals surface area contributed by atoms with Crippen LogP contribution in [0.1, 0.15) is 21.5 Å². The zero-order chi connectivity index (χ0) is 17.2. The first-order chi connectivity index (χ1) is 12.2. The van der Waals surface area contributed by atoms with Crippen LogP contribution < -0.4 is 9.64 Å². The average molecular weight is 335 g/mol. The van der Waals surface area contributed by atoms with Crippen molar-refractivity contribution < 1.29 is 19.1 Å². The van der Waals surface area contributed by atoms with E-state index in [9.17, 15) is 9.59 Å². The molecule has 25 heavy (non-hydrogen) atoms. The number of hydrogen-bond acceptors (Lipinski definition) is 4. The molecule has 2 aliphatic heterocycles. The van der Waals surface area contributed by atoms with E-state index in [0.717, 1.165) is 17.7 Å². The molecule has 2 heterocycles. The first kappa shape index (κ1) is 15.4. The molecular formula is C20H17NO4. The van der Waals surface area contributed by atoms with Gasteiger partial charge in [0.05, 0.1) is 13.2 Å². The Morgan fingerprint density at radius 2 is 2.00 bits per heavy atom. The van der Waals surface area contributed by atoms with Crippen molar-refractivity contribution in [3.8, 4) is 5.75 Å². The Bertz CT molecular complexity index is 872. The number of carbonyl (C=O) groups is 2. The van der Waals surface area contributed by atoms with Crippen molar-refractivity contribution in [1.29, 1.82) is 0 Å². The SMILES string of the molecule is O=C(/C=C/c1ccc2c(c1)CCO2)c1cccc(N2CCOC2=O)c1. The zero-order valence-corrected chi connectivity index (χ0v) is 13.6. The Labute approximate surface area is 145 Å². The largest absolute Gasteiger partial charge is 0.493 e. The number of ether oxygens (including phenoxy) is 2. The van der Waals surface area contributed by atoms with E-state index in [-0.39, 0.29) is 11.9 Å². The number of rotatable bonds is 4. The van der Waals surface area contributed by atoms with Crippen molar-refractivity contribution in [2.45, 2.75) is 6.42 Å². The Morgan fingerprint density at radius 3 is 2.84 bits per heavy atom. The molecule has 0 aromatic heterocycles. The molecule has 0 N–H and O–H groups in total. The average Bonchev–Trinajstić information content (AvgIpc) is 3.27. The smallest absolute Gasteiger partial charge is 0.414 e. The molecule has 5 heteroatoms. The summed E-state index contributed by atoms with van der Waals surface area (Å²) in [6.07, 6.45) is 3.89. The number of cyclic esters (lactones) is 1. The van der Waals surface area contributed by atoms with Gasteiger partial charge in [-0.15, -0.1) is 0 Å². The van der Waals surface area contributed by atoms with Crippen molar-refractivity contribution >= 4 is 23.6 Å². The van der Waals surface area contributed by atoms with E-state index in [0.29, 0.717) is 31.0 Å². The molecule has 1 saturated heterocycles. The quantitative estimate of drug-likeness (QED) is 0.634. The van der Waals surface area contributed by atoms with Crippen LogP contribution in [0.2, 0.25) is 0 Å². The van der Waals surface area contributed by atoms with E-state index in [1.165, 1.54) is 10.5 Å². The first-order valence-corrected chi connectivity index (χ1v) is 8.23. The van der Waals surface area contributed by atoms with Crippen LogP contribution in [0.15, 0.2) is 48.5 Å². The fourth-order valence-corrected chi connectivity index (χ4v) is 3.03. The molecule has 0 unspecified atom stereocenters. The molecular weight excluding hydrogens is 318 g/mol. The fourth-order valence-electron chi connectivity index (χ4n) is 3.03. The fraction of sp³-hybridized carbons (Fsp3) is 0.200. The van der Waals surface area contributed by atoms with Gasteiger partial charge in [-0.2, -0.15) is 0 Å². The Hall–Kier alpha value is -3.08. The van der Waals surface area contributed by atoms with Gasteiger partial charge in [0, 0.05) is 17.7 Å². The second-order valence-corrected chi connectivity index (χ2v) is 5.98. The molecule has 4 rings (SSSR count). The summed E-state index contributed by atoms with van der Waals surface area (Å²) in [6.45, 7) is 1.59. The van der Waals surface area contributed by atoms with Gasteiger partial charge in [0.25, 0.3) is 0 Å². The molecule has 1 fully saturated rings.